The van der Waals surface area contributed by atoms with Crippen LogP contribution in [0.5, 0.6) is 0 Å². The zero-order valence-corrected chi connectivity index (χ0v) is 9.30. The van der Waals surface area contributed by atoms with Gasteiger partial charge in [0.1, 0.15) is 0 Å². The monoisotopic (exact) mass is 213 g/mol. The Bertz CT molecular complexity index is 296. The zero-order chi connectivity index (χ0) is 9.97. The topological polar surface area (TPSA) is 51.0 Å². The van der Waals surface area contributed by atoms with Crippen LogP contribution >= 0.6 is 11.8 Å². The summed E-state index contributed by atoms with van der Waals surface area (Å²) >= 11 is 1.96. The summed E-state index contributed by atoms with van der Waals surface area (Å²) in [6.45, 7) is 2.01. The fourth-order valence-corrected chi connectivity index (χ4v) is 2.67. The summed E-state index contributed by atoms with van der Waals surface area (Å²) < 4.78 is 5.20. The van der Waals surface area contributed by atoms with Gasteiger partial charge in [0.2, 0.25) is 5.89 Å². The highest BCUT2D eigenvalue weighted by molar-refractivity contribution is 7.99. The van der Waals surface area contributed by atoms with Gasteiger partial charge in [-0.3, -0.25) is 0 Å². The largest absolute Gasteiger partial charge is 0.338 e. The van der Waals surface area contributed by atoms with Crippen molar-refractivity contribution in [3.05, 3.63) is 11.7 Å². The van der Waals surface area contributed by atoms with Crippen LogP contribution in [0.2, 0.25) is 0 Å². The van der Waals surface area contributed by atoms with E-state index in [-0.39, 0.29) is 6.04 Å². The Morgan fingerprint density at radius 3 is 3.14 bits per heavy atom. The summed E-state index contributed by atoms with van der Waals surface area (Å²) in [5, 5.41) is 7.11. The van der Waals surface area contributed by atoms with Gasteiger partial charge >= 0.3 is 0 Å². The van der Waals surface area contributed by atoms with Gasteiger partial charge in [0.25, 0.3) is 0 Å². The average molecular weight is 213 g/mol. The number of hydrogen-bond donors (Lipinski definition) is 1. The van der Waals surface area contributed by atoms with Crippen LogP contribution in [0.3, 0.4) is 0 Å². The molecule has 0 saturated carbocycles. The number of thioether (sulfide) groups is 1. The molecule has 4 nitrogen and oxygen atoms in total. The van der Waals surface area contributed by atoms with Crippen molar-refractivity contribution in [3.63, 3.8) is 0 Å². The normalized spacial score (nSPS) is 24.0. The summed E-state index contributed by atoms with van der Waals surface area (Å²) in [5.74, 6) is 4.43. The third-order valence-corrected chi connectivity index (χ3v) is 3.72. The molecule has 1 saturated heterocycles. The molecular formula is C9H15N3OS. The quantitative estimate of drug-likeness (QED) is 0.826. The Labute approximate surface area is 87.8 Å². The highest BCUT2D eigenvalue weighted by Gasteiger charge is 2.23. The Hall–Kier alpha value is -0.550. The molecule has 1 aromatic rings. The first-order chi connectivity index (χ1) is 6.81. The molecule has 78 valence electrons. The second kappa shape index (κ2) is 4.31. The first kappa shape index (κ1) is 9.98. The van der Waals surface area contributed by atoms with Crippen molar-refractivity contribution in [2.45, 2.75) is 25.3 Å². The van der Waals surface area contributed by atoms with Gasteiger partial charge in [0.05, 0.1) is 6.04 Å². The molecular weight excluding hydrogens is 198 g/mol. The van der Waals surface area contributed by atoms with Gasteiger partial charge in [-0.15, -0.1) is 0 Å². The van der Waals surface area contributed by atoms with Crippen LogP contribution in [0, 0.1) is 0 Å². The van der Waals surface area contributed by atoms with E-state index in [0.29, 0.717) is 11.8 Å². The molecule has 1 aromatic heterocycles. The Balaban J connectivity index is 2.08. The van der Waals surface area contributed by atoms with E-state index in [4.69, 9.17) is 4.52 Å². The molecule has 0 aliphatic carbocycles. The van der Waals surface area contributed by atoms with Gasteiger partial charge in [-0.1, -0.05) is 5.16 Å². The van der Waals surface area contributed by atoms with E-state index in [1.165, 1.54) is 12.2 Å². The second-order valence-electron chi connectivity index (χ2n) is 3.56. The van der Waals surface area contributed by atoms with Crippen LogP contribution in [0.1, 0.15) is 37.0 Å². The summed E-state index contributed by atoms with van der Waals surface area (Å²) in [5.41, 5.74) is 0. The molecule has 2 heterocycles. The number of nitrogens with one attached hydrogen (secondary N) is 1. The van der Waals surface area contributed by atoms with Crippen molar-refractivity contribution < 1.29 is 4.52 Å². The molecule has 2 unspecified atom stereocenters. The number of hydrogen-bond acceptors (Lipinski definition) is 5. The van der Waals surface area contributed by atoms with Crippen molar-refractivity contribution in [1.29, 1.82) is 0 Å². The molecule has 0 amide bonds. The summed E-state index contributed by atoms with van der Waals surface area (Å²) in [6, 6.07) is 0.144. The van der Waals surface area contributed by atoms with Gasteiger partial charge in [0.15, 0.2) is 5.82 Å². The van der Waals surface area contributed by atoms with Gasteiger partial charge in [-0.2, -0.15) is 16.7 Å². The maximum atomic E-state index is 5.20. The predicted molar refractivity (Wildman–Crippen MR) is 56.5 cm³/mol. The molecule has 14 heavy (non-hydrogen) atoms. The Morgan fingerprint density at radius 1 is 1.64 bits per heavy atom. The lowest BCUT2D eigenvalue weighted by Crippen LogP contribution is -2.12. The Morgan fingerprint density at radius 2 is 2.50 bits per heavy atom. The van der Waals surface area contributed by atoms with Gasteiger partial charge in [0, 0.05) is 11.7 Å². The Kier molecular flexibility index (Phi) is 3.08. The lowest BCUT2D eigenvalue weighted by atomic mass is 10.1. The van der Waals surface area contributed by atoms with Crippen LogP contribution in [0.25, 0.3) is 0 Å². The SMILES string of the molecule is CNC(C)c1nc(C2CCSC2)no1. The zero-order valence-electron chi connectivity index (χ0n) is 8.49. The van der Waals surface area contributed by atoms with Crippen molar-refractivity contribution in [2.24, 2.45) is 0 Å². The molecule has 1 aliphatic rings. The van der Waals surface area contributed by atoms with E-state index in [2.05, 4.69) is 15.5 Å². The minimum atomic E-state index is 0.144. The molecule has 0 bridgehead atoms. The van der Waals surface area contributed by atoms with E-state index >= 15 is 0 Å². The fraction of sp³-hybridized carbons (Fsp3) is 0.778. The first-order valence-corrected chi connectivity index (χ1v) is 6.05. The lowest BCUT2D eigenvalue weighted by Gasteiger charge is -2.02. The van der Waals surface area contributed by atoms with Crippen molar-refractivity contribution in [2.75, 3.05) is 18.6 Å². The lowest BCUT2D eigenvalue weighted by molar-refractivity contribution is 0.342. The predicted octanol–water partition coefficient (Wildman–Crippen LogP) is 1.57. The second-order valence-corrected chi connectivity index (χ2v) is 4.71. The van der Waals surface area contributed by atoms with Gasteiger partial charge in [-0.25, -0.2) is 0 Å². The minimum Gasteiger partial charge on any atom is -0.338 e. The summed E-state index contributed by atoms with van der Waals surface area (Å²) in [7, 11) is 1.89. The van der Waals surface area contributed by atoms with Crippen LogP contribution in [0.4, 0.5) is 0 Å². The van der Waals surface area contributed by atoms with Gasteiger partial charge < -0.3 is 9.84 Å². The van der Waals surface area contributed by atoms with Crippen LogP contribution in [-0.2, 0) is 0 Å². The molecule has 1 N–H and O–H groups in total. The van der Waals surface area contributed by atoms with E-state index in [1.807, 2.05) is 25.7 Å². The average Bonchev–Trinajstić information content (AvgIpc) is 2.86. The van der Waals surface area contributed by atoms with E-state index in [9.17, 15) is 0 Å². The maximum absolute atomic E-state index is 5.20. The summed E-state index contributed by atoms with van der Waals surface area (Å²) in [4.78, 5) is 4.41. The number of aromatic nitrogens is 2. The molecule has 0 radical (unpaired) electrons. The van der Waals surface area contributed by atoms with Crippen molar-refractivity contribution in [1.82, 2.24) is 15.5 Å². The van der Waals surface area contributed by atoms with E-state index < -0.39 is 0 Å². The molecule has 5 heteroatoms. The molecule has 2 rings (SSSR count). The van der Waals surface area contributed by atoms with Gasteiger partial charge in [-0.05, 0) is 26.1 Å². The number of nitrogens with zero attached hydrogens (tertiary/aromatic N) is 2. The molecule has 1 fully saturated rings. The third-order valence-electron chi connectivity index (χ3n) is 2.56. The number of rotatable bonds is 3. The fourth-order valence-electron chi connectivity index (χ4n) is 1.45. The first-order valence-electron chi connectivity index (χ1n) is 4.89. The highest BCUT2D eigenvalue weighted by atomic mass is 32.2. The van der Waals surface area contributed by atoms with E-state index in [1.54, 1.807) is 0 Å². The molecule has 2 atom stereocenters. The molecule has 0 aromatic carbocycles. The van der Waals surface area contributed by atoms with E-state index in [0.717, 1.165) is 11.6 Å². The van der Waals surface area contributed by atoms with Crippen molar-refractivity contribution >= 4 is 11.8 Å². The maximum Gasteiger partial charge on any atom is 0.243 e. The summed E-state index contributed by atoms with van der Waals surface area (Å²) in [6.07, 6.45) is 1.18. The third kappa shape index (κ3) is 1.93. The highest BCUT2D eigenvalue weighted by Crippen LogP contribution is 2.30. The smallest absolute Gasteiger partial charge is 0.243 e. The van der Waals surface area contributed by atoms with Crippen LogP contribution in [0.15, 0.2) is 4.52 Å². The minimum absolute atomic E-state index is 0.144. The van der Waals surface area contributed by atoms with Crippen molar-refractivity contribution in [3.8, 4) is 0 Å². The standard InChI is InChI=1S/C9H15N3OS/c1-6(10-2)9-11-8(12-13-9)7-3-4-14-5-7/h6-7,10H,3-5H2,1-2H3. The molecule has 0 spiro atoms. The van der Waals surface area contributed by atoms with Crippen LogP contribution in [-0.4, -0.2) is 28.7 Å². The van der Waals surface area contributed by atoms with Crippen LogP contribution < -0.4 is 5.32 Å². The molecule has 1 aliphatic heterocycles.